The van der Waals surface area contributed by atoms with Crippen LogP contribution in [0.5, 0.6) is 0 Å². The Hall–Kier alpha value is -0.860. The predicted molar refractivity (Wildman–Crippen MR) is 40.4 cm³/mol. The molecule has 0 aromatic heterocycles. The summed E-state index contributed by atoms with van der Waals surface area (Å²) in [5.41, 5.74) is 0.627. The lowest BCUT2D eigenvalue weighted by Crippen LogP contribution is -2.24. The van der Waals surface area contributed by atoms with Crippen molar-refractivity contribution >= 4 is 0 Å². The van der Waals surface area contributed by atoms with Crippen molar-refractivity contribution in [2.75, 3.05) is 6.54 Å². The highest BCUT2D eigenvalue weighted by molar-refractivity contribution is 5.18. The fourth-order valence-corrected chi connectivity index (χ4v) is 0.924. The lowest BCUT2D eigenvalue weighted by atomic mass is 10.1. The zero-order valence-electron chi connectivity index (χ0n) is 6.35. The van der Waals surface area contributed by atoms with E-state index in [2.05, 4.69) is 5.32 Å². The number of alkyl halides is 2. The van der Waals surface area contributed by atoms with Gasteiger partial charge in [-0.05, 0) is 6.08 Å². The van der Waals surface area contributed by atoms with Crippen LogP contribution in [0.4, 0.5) is 8.78 Å². The Kier molecular flexibility index (Phi) is 2.63. The molecule has 0 radical (unpaired) electrons. The van der Waals surface area contributed by atoms with E-state index in [-0.39, 0.29) is 0 Å². The maximum absolute atomic E-state index is 12.1. The first-order valence-electron chi connectivity index (χ1n) is 3.60. The Balaban J connectivity index is 2.58. The van der Waals surface area contributed by atoms with Crippen LogP contribution in [0.2, 0.25) is 0 Å². The minimum atomic E-state index is -2.28. The summed E-state index contributed by atoms with van der Waals surface area (Å²) in [7, 11) is 0. The summed E-state index contributed by atoms with van der Waals surface area (Å²) in [6.45, 7) is 2.17. The molecule has 1 nitrogen and oxygen atoms in total. The number of allylic oxidation sites excluding steroid dienone is 3. The van der Waals surface area contributed by atoms with Gasteiger partial charge in [-0.15, -0.1) is 0 Å². The molecule has 0 fully saturated rings. The molecule has 0 bridgehead atoms. The van der Waals surface area contributed by atoms with Crippen LogP contribution < -0.4 is 5.32 Å². The van der Waals surface area contributed by atoms with Crippen molar-refractivity contribution in [3.05, 3.63) is 23.9 Å². The molecule has 0 spiro atoms. The van der Waals surface area contributed by atoms with Gasteiger partial charge in [0.25, 0.3) is 0 Å². The summed E-state index contributed by atoms with van der Waals surface area (Å²) in [6.07, 6.45) is 3.10. The van der Waals surface area contributed by atoms with Gasteiger partial charge in [0, 0.05) is 12.2 Å². The average molecular weight is 159 g/mol. The molecule has 1 aliphatic rings. The predicted octanol–water partition coefficient (Wildman–Crippen LogP) is 1.93. The second kappa shape index (κ2) is 3.51. The summed E-state index contributed by atoms with van der Waals surface area (Å²) in [5.74, 6) is -0.681. The van der Waals surface area contributed by atoms with E-state index < -0.39 is 12.3 Å². The zero-order chi connectivity index (χ0) is 8.27. The van der Waals surface area contributed by atoms with E-state index >= 15 is 0 Å². The molecular weight excluding hydrogens is 148 g/mol. The normalized spacial score (nSPS) is 19.5. The highest BCUT2D eigenvalue weighted by Crippen LogP contribution is 2.17. The van der Waals surface area contributed by atoms with Gasteiger partial charge in [0.15, 0.2) is 0 Å². The largest absolute Gasteiger partial charge is 0.384 e. The van der Waals surface area contributed by atoms with Crippen LogP contribution in [-0.2, 0) is 0 Å². The van der Waals surface area contributed by atoms with E-state index in [0.717, 1.165) is 0 Å². The Morgan fingerprint density at radius 1 is 1.55 bits per heavy atom. The highest BCUT2D eigenvalue weighted by Gasteiger charge is 2.18. The first-order chi connectivity index (χ1) is 5.22. The van der Waals surface area contributed by atoms with Gasteiger partial charge in [-0.1, -0.05) is 19.1 Å². The lowest BCUT2D eigenvalue weighted by molar-refractivity contribution is 0.100. The number of nitrogens with one attached hydrogen (secondary N) is 1. The molecule has 0 aliphatic carbocycles. The Labute approximate surface area is 64.8 Å². The van der Waals surface area contributed by atoms with Gasteiger partial charge in [0.05, 0.1) is 5.92 Å². The fraction of sp³-hybridized carbons (Fsp3) is 0.500. The van der Waals surface area contributed by atoms with Crippen molar-refractivity contribution in [3.63, 3.8) is 0 Å². The van der Waals surface area contributed by atoms with Crippen molar-refractivity contribution < 1.29 is 8.78 Å². The zero-order valence-corrected chi connectivity index (χ0v) is 6.35. The summed E-state index contributed by atoms with van der Waals surface area (Å²) in [4.78, 5) is 0. The molecule has 11 heavy (non-hydrogen) atoms. The van der Waals surface area contributed by atoms with E-state index in [1.807, 2.05) is 6.08 Å². The second-order valence-corrected chi connectivity index (χ2v) is 2.55. The number of hydrogen-bond acceptors (Lipinski definition) is 1. The summed E-state index contributed by atoms with van der Waals surface area (Å²) >= 11 is 0. The molecule has 0 aromatic carbocycles. The molecular formula is C8H11F2N. The molecule has 0 amide bonds. The first kappa shape index (κ1) is 8.24. The van der Waals surface area contributed by atoms with Crippen molar-refractivity contribution in [2.45, 2.75) is 13.3 Å². The van der Waals surface area contributed by atoms with Crippen LogP contribution in [0.1, 0.15) is 6.92 Å². The molecule has 1 unspecified atom stereocenters. The van der Waals surface area contributed by atoms with Crippen molar-refractivity contribution in [1.29, 1.82) is 0 Å². The minimum Gasteiger partial charge on any atom is -0.384 e. The molecule has 1 heterocycles. The average Bonchev–Trinajstić information content (AvgIpc) is 2.05. The van der Waals surface area contributed by atoms with Gasteiger partial charge in [-0.3, -0.25) is 0 Å². The van der Waals surface area contributed by atoms with E-state index in [9.17, 15) is 8.78 Å². The number of halogens is 2. The maximum Gasteiger partial charge on any atom is 0.246 e. The van der Waals surface area contributed by atoms with Crippen LogP contribution >= 0.6 is 0 Å². The molecule has 0 saturated heterocycles. The number of dihydropyridines is 1. The van der Waals surface area contributed by atoms with Gasteiger partial charge in [-0.2, -0.15) is 0 Å². The number of hydrogen-bond donors (Lipinski definition) is 1. The molecule has 1 rings (SSSR count). The Morgan fingerprint density at radius 2 is 2.27 bits per heavy atom. The molecule has 0 saturated carbocycles. The quantitative estimate of drug-likeness (QED) is 0.649. The van der Waals surface area contributed by atoms with Crippen molar-refractivity contribution in [2.24, 2.45) is 5.92 Å². The van der Waals surface area contributed by atoms with Gasteiger partial charge in [-0.25, -0.2) is 8.78 Å². The van der Waals surface area contributed by atoms with Crippen molar-refractivity contribution in [1.82, 2.24) is 5.32 Å². The second-order valence-electron chi connectivity index (χ2n) is 2.55. The van der Waals surface area contributed by atoms with Crippen LogP contribution in [0.25, 0.3) is 0 Å². The summed E-state index contributed by atoms with van der Waals surface area (Å²) in [6, 6.07) is 0. The Morgan fingerprint density at radius 3 is 2.73 bits per heavy atom. The van der Waals surface area contributed by atoms with Crippen LogP contribution in [0.3, 0.4) is 0 Å². The molecule has 1 atom stereocenters. The first-order valence-corrected chi connectivity index (χ1v) is 3.60. The van der Waals surface area contributed by atoms with Gasteiger partial charge < -0.3 is 5.32 Å². The summed E-state index contributed by atoms with van der Waals surface area (Å²) in [5, 5.41) is 2.89. The van der Waals surface area contributed by atoms with Gasteiger partial charge >= 0.3 is 0 Å². The molecule has 0 aromatic rings. The third-order valence-corrected chi connectivity index (χ3v) is 1.70. The molecule has 62 valence electrons. The van der Waals surface area contributed by atoms with Crippen LogP contribution in [0, 0.1) is 5.92 Å². The lowest BCUT2D eigenvalue weighted by Gasteiger charge is -2.17. The number of rotatable bonds is 2. The third kappa shape index (κ3) is 2.03. The monoisotopic (exact) mass is 159 g/mol. The topological polar surface area (TPSA) is 12.0 Å². The van der Waals surface area contributed by atoms with E-state index in [0.29, 0.717) is 12.2 Å². The molecule has 1 aliphatic heterocycles. The minimum absolute atomic E-state index is 0.627. The Bertz CT molecular complexity index is 185. The smallest absolute Gasteiger partial charge is 0.246 e. The highest BCUT2D eigenvalue weighted by atomic mass is 19.3. The SMILES string of the molecule is CC(C1=CC=CCN1)C(F)F. The third-order valence-electron chi connectivity index (χ3n) is 1.70. The van der Waals surface area contributed by atoms with Crippen LogP contribution in [-0.4, -0.2) is 13.0 Å². The van der Waals surface area contributed by atoms with Gasteiger partial charge in [0.2, 0.25) is 6.43 Å². The van der Waals surface area contributed by atoms with Crippen molar-refractivity contribution in [3.8, 4) is 0 Å². The standard InChI is InChI=1S/C8H11F2N/c1-6(8(9)10)7-4-2-3-5-11-7/h2-4,6,8,11H,5H2,1H3. The fourth-order valence-electron chi connectivity index (χ4n) is 0.924. The molecule has 1 N–H and O–H groups in total. The van der Waals surface area contributed by atoms with E-state index in [1.54, 1.807) is 12.2 Å². The van der Waals surface area contributed by atoms with Gasteiger partial charge in [0.1, 0.15) is 0 Å². The van der Waals surface area contributed by atoms with E-state index in [4.69, 9.17) is 0 Å². The van der Waals surface area contributed by atoms with Crippen LogP contribution in [0.15, 0.2) is 23.9 Å². The summed E-state index contributed by atoms with van der Waals surface area (Å²) < 4.78 is 24.2. The molecule has 3 heteroatoms. The maximum atomic E-state index is 12.1. The van der Waals surface area contributed by atoms with E-state index in [1.165, 1.54) is 6.92 Å².